The van der Waals surface area contributed by atoms with Crippen molar-refractivity contribution < 1.29 is 14.1 Å². The summed E-state index contributed by atoms with van der Waals surface area (Å²) in [4.78, 5) is 22.9. The molecule has 1 saturated heterocycles. The second-order valence-electron chi connectivity index (χ2n) is 3.98. The molecule has 1 heterocycles. The average molecular weight is 318 g/mol. The molecule has 0 aliphatic carbocycles. The Kier molecular flexibility index (Phi) is 3.31. The van der Waals surface area contributed by atoms with Crippen LogP contribution in [0.5, 0.6) is 0 Å². The van der Waals surface area contributed by atoms with Gasteiger partial charge in [0.1, 0.15) is 0 Å². The standard InChI is InChI=1S/C10H9BrFN3O3/c11-5-1-7(12)10(8(2-5)15(17)18)14-4-6(13)3-9(14)16/h1-2,6H,3-4,13H2. The average Bonchev–Trinajstić information content (AvgIpc) is 2.56. The van der Waals surface area contributed by atoms with E-state index in [2.05, 4.69) is 15.9 Å². The van der Waals surface area contributed by atoms with Crippen LogP contribution < -0.4 is 10.6 Å². The number of carbonyl (C=O) groups excluding carboxylic acids is 1. The Morgan fingerprint density at radius 3 is 2.72 bits per heavy atom. The molecule has 0 saturated carbocycles. The zero-order valence-corrected chi connectivity index (χ0v) is 10.7. The summed E-state index contributed by atoms with van der Waals surface area (Å²) < 4.78 is 14.1. The van der Waals surface area contributed by atoms with E-state index in [9.17, 15) is 19.3 Å². The maximum absolute atomic E-state index is 13.9. The van der Waals surface area contributed by atoms with E-state index in [4.69, 9.17) is 5.73 Å². The van der Waals surface area contributed by atoms with Crippen molar-refractivity contribution in [3.63, 3.8) is 0 Å². The Morgan fingerprint density at radius 1 is 1.56 bits per heavy atom. The van der Waals surface area contributed by atoms with Crippen LogP contribution in [0.1, 0.15) is 6.42 Å². The van der Waals surface area contributed by atoms with Crippen LogP contribution in [0.4, 0.5) is 15.8 Å². The van der Waals surface area contributed by atoms with Crippen molar-refractivity contribution in [2.45, 2.75) is 12.5 Å². The first kappa shape index (κ1) is 12.9. The van der Waals surface area contributed by atoms with E-state index < -0.39 is 28.4 Å². The van der Waals surface area contributed by atoms with E-state index in [1.165, 1.54) is 0 Å². The largest absolute Gasteiger partial charge is 0.326 e. The Labute approximate surface area is 110 Å². The van der Waals surface area contributed by atoms with Crippen LogP contribution in [-0.2, 0) is 4.79 Å². The molecule has 0 spiro atoms. The minimum atomic E-state index is -0.821. The molecule has 0 radical (unpaired) electrons. The number of carbonyl (C=O) groups is 1. The molecule has 1 fully saturated rings. The first-order valence-corrected chi connectivity index (χ1v) is 5.89. The van der Waals surface area contributed by atoms with Crippen molar-refractivity contribution in [1.82, 2.24) is 0 Å². The van der Waals surface area contributed by atoms with Gasteiger partial charge >= 0.3 is 0 Å². The van der Waals surface area contributed by atoms with Crippen molar-refractivity contribution in [3.8, 4) is 0 Å². The van der Waals surface area contributed by atoms with Gasteiger partial charge in [-0.05, 0) is 6.07 Å². The molecule has 1 aromatic carbocycles. The van der Waals surface area contributed by atoms with Crippen LogP contribution in [0.3, 0.4) is 0 Å². The second kappa shape index (κ2) is 4.62. The van der Waals surface area contributed by atoms with Gasteiger partial charge in [0.2, 0.25) is 5.91 Å². The number of benzene rings is 1. The lowest BCUT2D eigenvalue weighted by molar-refractivity contribution is -0.384. The van der Waals surface area contributed by atoms with Crippen LogP contribution in [0, 0.1) is 15.9 Å². The molecule has 0 aromatic heterocycles. The molecule has 1 aromatic rings. The highest BCUT2D eigenvalue weighted by molar-refractivity contribution is 9.10. The molecule has 1 unspecified atom stereocenters. The molecule has 2 rings (SSSR count). The maximum Gasteiger partial charge on any atom is 0.297 e. The van der Waals surface area contributed by atoms with Gasteiger partial charge < -0.3 is 10.6 Å². The molecule has 96 valence electrons. The SMILES string of the molecule is NC1CC(=O)N(c2c(F)cc(Br)cc2[N+](=O)[O-])C1. The van der Waals surface area contributed by atoms with Crippen LogP contribution in [0.15, 0.2) is 16.6 Å². The molecule has 2 N–H and O–H groups in total. The van der Waals surface area contributed by atoms with Crippen LogP contribution in [0.25, 0.3) is 0 Å². The van der Waals surface area contributed by atoms with E-state index in [0.29, 0.717) is 0 Å². The molecule has 1 amide bonds. The van der Waals surface area contributed by atoms with Gasteiger partial charge in [-0.25, -0.2) is 4.39 Å². The summed E-state index contributed by atoms with van der Waals surface area (Å²) >= 11 is 2.98. The fraction of sp³-hybridized carbons (Fsp3) is 0.300. The third kappa shape index (κ3) is 2.21. The Balaban J connectivity index is 2.56. The Morgan fingerprint density at radius 2 is 2.22 bits per heavy atom. The summed E-state index contributed by atoms with van der Waals surface area (Å²) in [6.07, 6.45) is 0.0622. The maximum atomic E-state index is 13.9. The Bertz CT molecular complexity index is 537. The van der Waals surface area contributed by atoms with E-state index in [-0.39, 0.29) is 23.1 Å². The summed E-state index contributed by atoms with van der Waals surface area (Å²) in [6, 6.07) is 1.81. The third-order valence-corrected chi connectivity index (χ3v) is 3.09. The van der Waals surface area contributed by atoms with Gasteiger partial charge in [-0.1, -0.05) is 15.9 Å². The summed E-state index contributed by atoms with van der Waals surface area (Å²) in [6.45, 7) is 0.0816. The minimum absolute atomic E-state index is 0.0622. The molecule has 1 aliphatic rings. The van der Waals surface area contributed by atoms with E-state index >= 15 is 0 Å². The highest BCUT2D eigenvalue weighted by atomic mass is 79.9. The van der Waals surface area contributed by atoms with Crippen molar-refractivity contribution in [2.24, 2.45) is 5.73 Å². The number of hydrogen-bond donors (Lipinski definition) is 1. The molecule has 18 heavy (non-hydrogen) atoms. The minimum Gasteiger partial charge on any atom is -0.326 e. The predicted octanol–water partition coefficient (Wildman–Crippen LogP) is 1.56. The van der Waals surface area contributed by atoms with Crippen molar-refractivity contribution in [1.29, 1.82) is 0 Å². The lowest BCUT2D eigenvalue weighted by atomic mass is 10.2. The van der Waals surface area contributed by atoms with Crippen LogP contribution >= 0.6 is 15.9 Å². The lowest BCUT2D eigenvalue weighted by Gasteiger charge is -2.17. The molecule has 1 atom stereocenters. The van der Waals surface area contributed by atoms with Crippen LogP contribution in [0.2, 0.25) is 0 Å². The lowest BCUT2D eigenvalue weighted by Crippen LogP contribution is -2.29. The van der Waals surface area contributed by atoms with E-state index in [1.807, 2.05) is 0 Å². The number of amides is 1. The van der Waals surface area contributed by atoms with Crippen molar-refractivity contribution >= 4 is 33.2 Å². The zero-order chi connectivity index (χ0) is 13.4. The normalized spacial score (nSPS) is 19.4. The van der Waals surface area contributed by atoms with Crippen molar-refractivity contribution in [2.75, 3.05) is 11.4 Å². The van der Waals surface area contributed by atoms with Crippen molar-refractivity contribution in [3.05, 3.63) is 32.5 Å². The Hall–Kier alpha value is -1.54. The topological polar surface area (TPSA) is 89.5 Å². The third-order valence-electron chi connectivity index (χ3n) is 2.63. The molecular weight excluding hydrogens is 309 g/mol. The fourth-order valence-electron chi connectivity index (χ4n) is 1.91. The molecule has 1 aliphatic heterocycles. The molecule has 6 nitrogen and oxygen atoms in total. The highest BCUT2D eigenvalue weighted by Gasteiger charge is 2.35. The summed E-state index contributed by atoms with van der Waals surface area (Å²) in [5, 5.41) is 10.9. The predicted molar refractivity (Wildman–Crippen MR) is 65.7 cm³/mol. The van der Waals surface area contributed by atoms with E-state index in [0.717, 1.165) is 17.0 Å². The van der Waals surface area contributed by atoms with Gasteiger partial charge in [-0.3, -0.25) is 14.9 Å². The van der Waals surface area contributed by atoms with Gasteiger partial charge in [0.05, 0.1) is 4.92 Å². The molecule has 8 heteroatoms. The number of nitrogens with two attached hydrogens (primary N) is 1. The van der Waals surface area contributed by atoms with Crippen LogP contribution in [-0.4, -0.2) is 23.4 Å². The fourth-order valence-corrected chi connectivity index (χ4v) is 2.33. The monoisotopic (exact) mass is 317 g/mol. The van der Waals surface area contributed by atoms with Gasteiger partial charge in [0.15, 0.2) is 11.5 Å². The first-order valence-electron chi connectivity index (χ1n) is 5.09. The van der Waals surface area contributed by atoms with Gasteiger partial charge in [-0.2, -0.15) is 0 Å². The number of halogens is 2. The summed E-state index contributed by atoms with van der Waals surface area (Å²) in [5.74, 6) is -1.23. The second-order valence-corrected chi connectivity index (χ2v) is 4.90. The number of rotatable bonds is 2. The van der Waals surface area contributed by atoms with Gasteiger partial charge in [0.25, 0.3) is 5.69 Å². The number of nitro benzene ring substituents is 1. The van der Waals surface area contributed by atoms with Gasteiger partial charge in [-0.15, -0.1) is 0 Å². The smallest absolute Gasteiger partial charge is 0.297 e. The highest BCUT2D eigenvalue weighted by Crippen LogP contribution is 2.36. The number of anilines is 1. The molecule has 0 bridgehead atoms. The molecular formula is C10H9BrFN3O3. The quantitative estimate of drug-likeness (QED) is 0.662. The summed E-state index contributed by atoms with van der Waals surface area (Å²) in [7, 11) is 0. The summed E-state index contributed by atoms with van der Waals surface area (Å²) in [5.41, 5.74) is 4.82. The number of hydrogen-bond acceptors (Lipinski definition) is 4. The number of nitro groups is 1. The van der Waals surface area contributed by atoms with Gasteiger partial charge in [0, 0.05) is 29.5 Å². The number of nitrogens with zero attached hydrogens (tertiary/aromatic N) is 2. The zero-order valence-electron chi connectivity index (χ0n) is 9.10. The first-order chi connectivity index (χ1) is 8.40. The van der Waals surface area contributed by atoms with E-state index in [1.54, 1.807) is 0 Å².